The molecule has 0 aromatic heterocycles. The lowest BCUT2D eigenvalue weighted by Crippen LogP contribution is -2.00. The Morgan fingerprint density at radius 1 is 1.43 bits per heavy atom. The van der Waals surface area contributed by atoms with E-state index in [1.165, 1.54) is 16.7 Å². The van der Waals surface area contributed by atoms with Gasteiger partial charge in [-0.3, -0.25) is 0 Å². The first-order chi connectivity index (χ1) is 6.92. The first-order valence-corrected chi connectivity index (χ1v) is 5.84. The minimum atomic E-state index is 0.803. The standard InChI is InChI=1S/C12H14OS/c1-13-7-5-10-3-2-4-11-9-14-8-6-12(10)11/h2-4,6,8H,5,7,9H2,1H3. The minimum Gasteiger partial charge on any atom is -0.384 e. The Balaban J connectivity index is 2.28. The van der Waals surface area contributed by atoms with Crippen molar-refractivity contribution in [2.45, 2.75) is 12.2 Å². The van der Waals surface area contributed by atoms with E-state index < -0.39 is 0 Å². The summed E-state index contributed by atoms with van der Waals surface area (Å²) in [5.74, 6) is 1.10. The summed E-state index contributed by atoms with van der Waals surface area (Å²) in [4.78, 5) is 0. The van der Waals surface area contributed by atoms with E-state index in [-0.39, 0.29) is 0 Å². The monoisotopic (exact) mass is 206 g/mol. The topological polar surface area (TPSA) is 9.23 Å². The number of hydrogen-bond donors (Lipinski definition) is 0. The molecule has 0 fully saturated rings. The average molecular weight is 206 g/mol. The molecule has 2 rings (SSSR count). The van der Waals surface area contributed by atoms with Gasteiger partial charge in [-0.15, -0.1) is 11.8 Å². The molecule has 1 heterocycles. The quantitative estimate of drug-likeness (QED) is 0.751. The van der Waals surface area contributed by atoms with Gasteiger partial charge in [0.25, 0.3) is 0 Å². The van der Waals surface area contributed by atoms with Gasteiger partial charge in [-0.25, -0.2) is 0 Å². The number of thioether (sulfide) groups is 1. The molecule has 2 heteroatoms. The van der Waals surface area contributed by atoms with Crippen LogP contribution in [0.3, 0.4) is 0 Å². The number of rotatable bonds is 3. The van der Waals surface area contributed by atoms with Crippen LogP contribution in [0.2, 0.25) is 0 Å². The van der Waals surface area contributed by atoms with Crippen LogP contribution in [0.5, 0.6) is 0 Å². The Labute approximate surface area is 89.2 Å². The van der Waals surface area contributed by atoms with E-state index in [9.17, 15) is 0 Å². The Kier molecular flexibility index (Phi) is 3.27. The third-order valence-corrected chi connectivity index (χ3v) is 3.24. The number of fused-ring (bicyclic) bond motifs is 1. The second-order valence-corrected chi connectivity index (χ2v) is 4.24. The zero-order valence-corrected chi connectivity index (χ0v) is 9.14. The lowest BCUT2D eigenvalue weighted by Gasteiger charge is -2.14. The highest BCUT2D eigenvalue weighted by molar-refractivity contribution is 8.01. The van der Waals surface area contributed by atoms with Crippen molar-refractivity contribution in [1.29, 1.82) is 0 Å². The molecule has 0 saturated carbocycles. The summed E-state index contributed by atoms with van der Waals surface area (Å²) < 4.78 is 5.11. The third-order valence-electron chi connectivity index (χ3n) is 2.43. The zero-order valence-electron chi connectivity index (χ0n) is 8.32. The summed E-state index contributed by atoms with van der Waals surface area (Å²) in [6.45, 7) is 0.803. The smallest absolute Gasteiger partial charge is 0.0502 e. The predicted molar refractivity (Wildman–Crippen MR) is 62.4 cm³/mol. The fraction of sp³-hybridized carbons (Fsp3) is 0.333. The molecule has 0 radical (unpaired) electrons. The van der Waals surface area contributed by atoms with E-state index in [1.54, 1.807) is 7.11 Å². The maximum absolute atomic E-state index is 5.11. The van der Waals surface area contributed by atoms with Gasteiger partial charge in [-0.2, -0.15) is 0 Å². The van der Waals surface area contributed by atoms with Crippen LogP contribution in [0.1, 0.15) is 16.7 Å². The van der Waals surface area contributed by atoms with Crippen LogP contribution in [0.15, 0.2) is 23.6 Å². The van der Waals surface area contributed by atoms with Gasteiger partial charge in [0.2, 0.25) is 0 Å². The highest BCUT2D eigenvalue weighted by Crippen LogP contribution is 2.27. The molecule has 74 valence electrons. The van der Waals surface area contributed by atoms with Gasteiger partial charge < -0.3 is 4.74 Å². The van der Waals surface area contributed by atoms with Crippen molar-refractivity contribution >= 4 is 17.8 Å². The second kappa shape index (κ2) is 4.67. The van der Waals surface area contributed by atoms with Crippen molar-refractivity contribution in [2.24, 2.45) is 0 Å². The van der Waals surface area contributed by atoms with E-state index >= 15 is 0 Å². The molecule has 1 aliphatic rings. The van der Waals surface area contributed by atoms with Crippen LogP contribution in [0.4, 0.5) is 0 Å². The number of ether oxygens (including phenoxy) is 1. The van der Waals surface area contributed by atoms with Crippen LogP contribution >= 0.6 is 11.8 Å². The third kappa shape index (κ3) is 2.02. The molecule has 0 atom stereocenters. The molecular weight excluding hydrogens is 192 g/mol. The molecule has 0 aliphatic carbocycles. The van der Waals surface area contributed by atoms with Gasteiger partial charge in [0.05, 0.1) is 6.61 Å². The summed E-state index contributed by atoms with van der Waals surface area (Å²) in [6.07, 6.45) is 3.23. The largest absolute Gasteiger partial charge is 0.384 e. The van der Waals surface area contributed by atoms with Crippen LogP contribution in [-0.4, -0.2) is 13.7 Å². The van der Waals surface area contributed by atoms with Crippen LogP contribution in [-0.2, 0) is 16.9 Å². The van der Waals surface area contributed by atoms with Gasteiger partial charge in [-0.1, -0.05) is 18.2 Å². The normalized spacial score (nSPS) is 14.1. The van der Waals surface area contributed by atoms with E-state index in [0.29, 0.717) is 0 Å². The summed E-state index contributed by atoms with van der Waals surface area (Å²) in [5.41, 5.74) is 4.26. The minimum absolute atomic E-state index is 0.803. The first-order valence-electron chi connectivity index (χ1n) is 4.79. The molecule has 1 nitrogen and oxygen atoms in total. The van der Waals surface area contributed by atoms with E-state index in [0.717, 1.165) is 18.8 Å². The molecular formula is C12H14OS. The van der Waals surface area contributed by atoms with Crippen molar-refractivity contribution in [2.75, 3.05) is 13.7 Å². The summed E-state index contributed by atoms with van der Waals surface area (Å²) in [5, 5.41) is 2.18. The van der Waals surface area contributed by atoms with E-state index in [1.807, 2.05) is 11.8 Å². The van der Waals surface area contributed by atoms with Crippen molar-refractivity contribution in [3.63, 3.8) is 0 Å². The molecule has 0 N–H and O–H groups in total. The van der Waals surface area contributed by atoms with E-state index in [2.05, 4.69) is 29.7 Å². The van der Waals surface area contributed by atoms with Gasteiger partial charge in [-0.05, 0) is 34.6 Å². The Morgan fingerprint density at radius 3 is 3.21 bits per heavy atom. The van der Waals surface area contributed by atoms with E-state index in [4.69, 9.17) is 4.74 Å². The van der Waals surface area contributed by atoms with Gasteiger partial charge in [0, 0.05) is 12.9 Å². The number of hydrogen-bond acceptors (Lipinski definition) is 2. The van der Waals surface area contributed by atoms with Crippen LogP contribution < -0.4 is 0 Å². The molecule has 1 aromatic rings. The maximum atomic E-state index is 5.11. The summed E-state index contributed by atoms with van der Waals surface area (Å²) in [6, 6.07) is 6.55. The predicted octanol–water partition coefficient (Wildman–Crippen LogP) is 3.09. The highest BCUT2D eigenvalue weighted by atomic mass is 32.2. The van der Waals surface area contributed by atoms with Crippen LogP contribution in [0, 0.1) is 0 Å². The Morgan fingerprint density at radius 2 is 2.36 bits per heavy atom. The first kappa shape index (κ1) is 9.81. The van der Waals surface area contributed by atoms with Crippen molar-refractivity contribution in [3.8, 4) is 0 Å². The van der Waals surface area contributed by atoms with Gasteiger partial charge in [0.1, 0.15) is 0 Å². The van der Waals surface area contributed by atoms with Gasteiger partial charge in [0.15, 0.2) is 0 Å². The SMILES string of the molecule is COCCc1cccc2c1C=CSC2. The van der Waals surface area contributed by atoms with Crippen LogP contribution in [0.25, 0.3) is 6.08 Å². The molecule has 1 aliphatic heterocycles. The number of benzene rings is 1. The Bertz CT molecular complexity index is 344. The number of methoxy groups -OCH3 is 1. The molecule has 0 bridgehead atoms. The average Bonchev–Trinajstić information content (AvgIpc) is 2.26. The summed E-state index contributed by atoms with van der Waals surface area (Å²) >= 11 is 1.86. The van der Waals surface area contributed by atoms with Crippen molar-refractivity contribution in [3.05, 3.63) is 40.3 Å². The van der Waals surface area contributed by atoms with Gasteiger partial charge >= 0.3 is 0 Å². The molecule has 0 amide bonds. The fourth-order valence-corrected chi connectivity index (χ4v) is 2.45. The molecule has 14 heavy (non-hydrogen) atoms. The zero-order chi connectivity index (χ0) is 9.80. The molecule has 1 aromatic carbocycles. The van der Waals surface area contributed by atoms with Crippen molar-refractivity contribution in [1.82, 2.24) is 0 Å². The molecule has 0 unspecified atom stereocenters. The molecule has 0 saturated heterocycles. The maximum Gasteiger partial charge on any atom is 0.0502 e. The second-order valence-electron chi connectivity index (χ2n) is 3.35. The summed E-state index contributed by atoms with van der Waals surface area (Å²) in [7, 11) is 1.75. The lowest BCUT2D eigenvalue weighted by molar-refractivity contribution is 0.202. The van der Waals surface area contributed by atoms with Crippen molar-refractivity contribution < 1.29 is 4.74 Å². The molecule has 0 spiro atoms. The lowest BCUT2D eigenvalue weighted by atomic mass is 10.00. The fourth-order valence-electron chi connectivity index (χ4n) is 1.69. The Hall–Kier alpha value is -0.730. The highest BCUT2D eigenvalue weighted by Gasteiger charge is 2.08.